The summed E-state index contributed by atoms with van der Waals surface area (Å²) < 4.78 is 27.9. The van der Waals surface area contributed by atoms with Crippen LogP contribution in [0.5, 0.6) is 0 Å². The fourth-order valence-corrected chi connectivity index (χ4v) is 7.57. The van der Waals surface area contributed by atoms with Gasteiger partial charge in [-0.1, -0.05) is 38.1 Å². The zero-order valence-electron chi connectivity index (χ0n) is 23.0. The van der Waals surface area contributed by atoms with Crippen molar-refractivity contribution in [3.8, 4) is 11.3 Å². The second kappa shape index (κ2) is 10.7. The molecule has 8 nitrogen and oxygen atoms in total. The van der Waals surface area contributed by atoms with E-state index in [0.717, 1.165) is 51.4 Å². The lowest BCUT2D eigenvalue weighted by Crippen LogP contribution is -2.29. The lowest BCUT2D eigenvalue weighted by atomic mass is 10.1. The Kier molecular flexibility index (Phi) is 7.04. The third kappa shape index (κ3) is 4.98. The Hall–Kier alpha value is -4.15. The minimum atomic E-state index is -3.63. The summed E-state index contributed by atoms with van der Waals surface area (Å²) in [5, 5.41) is 3.43. The van der Waals surface area contributed by atoms with Crippen molar-refractivity contribution in [3.05, 3.63) is 94.1 Å². The van der Waals surface area contributed by atoms with Gasteiger partial charge in [-0.15, -0.1) is 11.3 Å². The maximum Gasteiger partial charge on any atom is 0.264 e. The predicted octanol–water partition coefficient (Wildman–Crippen LogP) is 6.19. The Morgan fingerprint density at radius 1 is 0.927 bits per heavy atom. The molecule has 1 aliphatic rings. The summed E-state index contributed by atoms with van der Waals surface area (Å²) >= 11 is 1.40. The molecule has 1 N–H and O–H groups in total. The molecule has 0 bridgehead atoms. The van der Waals surface area contributed by atoms with E-state index in [0.29, 0.717) is 34.9 Å². The van der Waals surface area contributed by atoms with Crippen molar-refractivity contribution in [2.45, 2.75) is 44.9 Å². The minimum absolute atomic E-state index is 0.262. The number of anilines is 2. The van der Waals surface area contributed by atoms with E-state index in [1.54, 1.807) is 42.5 Å². The van der Waals surface area contributed by atoms with Gasteiger partial charge >= 0.3 is 0 Å². The maximum absolute atomic E-state index is 13.2. The van der Waals surface area contributed by atoms with Crippen molar-refractivity contribution in [1.29, 1.82) is 0 Å². The number of benzene rings is 3. The smallest absolute Gasteiger partial charge is 0.264 e. The summed E-state index contributed by atoms with van der Waals surface area (Å²) in [5.74, 6) is -0.262. The van der Waals surface area contributed by atoms with Crippen LogP contribution in [-0.2, 0) is 29.3 Å². The van der Waals surface area contributed by atoms with E-state index in [1.165, 1.54) is 15.6 Å². The fraction of sp³-hybridized carbons (Fsp3) is 0.226. The molecule has 1 amide bonds. The fourth-order valence-electron chi connectivity index (χ4n) is 5.21. The van der Waals surface area contributed by atoms with Gasteiger partial charge in [0, 0.05) is 22.5 Å². The van der Waals surface area contributed by atoms with Crippen LogP contribution in [0.3, 0.4) is 0 Å². The molecule has 208 valence electrons. The highest BCUT2D eigenvalue weighted by Gasteiger charge is 2.31. The van der Waals surface area contributed by atoms with E-state index in [2.05, 4.69) is 19.2 Å². The van der Waals surface area contributed by atoms with Gasteiger partial charge in [0.15, 0.2) is 5.13 Å². The molecule has 41 heavy (non-hydrogen) atoms. The molecular formula is C31H29N5O3S2. The van der Waals surface area contributed by atoms with Crippen molar-refractivity contribution in [3.63, 3.8) is 0 Å². The first kappa shape index (κ1) is 27.0. The standard InChI is InChI=1S/C31H29N5O3S2/c1-4-24-25(5-2)33-27-18-22(11-13-26(27)32-24)30(37)35-31-34-29(19(3)40-31)21-12-14-28-20(17-21)15-16-36(28)41(38,39)23-9-7-6-8-10-23/h6-14,17-18H,4-5,15-16H2,1-3H3,(H,34,35,37). The van der Waals surface area contributed by atoms with Gasteiger partial charge in [0.05, 0.1) is 38.7 Å². The highest BCUT2D eigenvalue weighted by atomic mass is 32.2. The number of fused-ring (bicyclic) bond motifs is 2. The van der Waals surface area contributed by atoms with Crippen LogP contribution in [0.1, 0.15) is 46.0 Å². The molecule has 0 spiro atoms. The molecule has 0 radical (unpaired) electrons. The number of hydrogen-bond donors (Lipinski definition) is 1. The SMILES string of the molecule is CCc1nc2ccc(C(=O)Nc3nc(-c4ccc5c(c4)CCN5S(=O)(=O)c4ccccc4)c(C)s3)cc2nc1CC. The molecule has 3 heterocycles. The van der Waals surface area contributed by atoms with Crippen LogP contribution in [0.25, 0.3) is 22.3 Å². The highest BCUT2D eigenvalue weighted by Crippen LogP contribution is 2.38. The van der Waals surface area contributed by atoms with Crippen LogP contribution in [0.2, 0.25) is 0 Å². The number of rotatable bonds is 7. The van der Waals surface area contributed by atoms with Crippen LogP contribution in [0.4, 0.5) is 10.8 Å². The Labute approximate surface area is 243 Å². The highest BCUT2D eigenvalue weighted by molar-refractivity contribution is 7.92. The zero-order chi connectivity index (χ0) is 28.7. The third-order valence-corrected chi connectivity index (χ3v) is 10.0. The molecule has 0 atom stereocenters. The second-order valence-electron chi connectivity index (χ2n) is 9.89. The van der Waals surface area contributed by atoms with Crippen LogP contribution in [0.15, 0.2) is 71.6 Å². The summed E-state index contributed by atoms with van der Waals surface area (Å²) in [5.41, 5.74) is 7.19. The number of hydrogen-bond acceptors (Lipinski definition) is 7. The Balaban J connectivity index is 1.23. The molecule has 6 rings (SSSR count). The summed E-state index contributed by atoms with van der Waals surface area (Å²) in [4.78, 5) is 28.6. The van der Waals surface area contributed by atoms with Gasteiger partial charge in [-0.2, -0.15) is 0 Å². The molecule has 0 aliphatic carbocycles. The number of amides is 1. The molecule has 10 heteroatoms. The van der Waals surface area contributed by atoms with E-state index in [4.69, 9.17) is 15.0 Å². The van der Waals surface area contributed by atoms with E-state index in [-0.39, 0.29) is 10.8 Å². The van der Waals surface area contributed by atoms with E-state index >= 15 is 0 Å². The lowest BCUT2D eigenvalue weighted by Gasteiger charge is -2.19. The first-order valence-electron chi connectivity index (χ1n) is 13.6. The van der Waals surface area contributed by atoms with Gasteiger partial charge in [-0.3, -0.25) is 14.4 Å². The summed E-state index contributed by atoms with van der Waals surface area (Å²) in [6.07, 6.45) is 2.22. The number of aryl methyl sites for hydroxylation is 3. The maximum atomic E-state index is 13.2. The van der Waals surface area contributed by atoms with E-state index < -0.39 is 10.0 Å². The van der Waals surface area contributed by atoms with Gasteiger partial charge in [0.2, 0.25) is 0 Å². The van der Waals surface area contributed by atoms with Crippen molar-refractivity contribution in [1.82, 2.24) is 15.0 Å². The molecular weight excluding hydrogens is 555 g/mol. The molecule has 5 aromatic rings. The molecule has 2 aromatic heterocycles. The van der Waals surface area contributed by atoms with Crippen molar-refractivity contribution in [2.24, 2.45) is 0 Å². The number of sulfonamides is 1. The van der Waals surface area contributed by atoms with Crippen molar-refractivity contribution >= 4 is 49.1 Å². The second-order valence-corrected chi connectivity index (χ2v) is 13.0. The minimum Gasteiger partial charge on any atom is -0.298 e. The average molecular weight is 584 g/mol. The summed E-state index contributed by atoms with van der Waals surface area (Å²) in [6.45, 7) is 6.47. The molecule has 0 unspecified atom stereocenters. The number of carbonyl (C=O) groups excluding carboxylic acids is 1. The van der Waals surface area contributed by atoms with Crippen LogP contribution < -0.4 is 9.62 Å². The van der Waals surface area contributed by atoms with E-state index in [1.807, 2.05) is 31.2 Å². The summed E-state index contributed by atoms with van der Waals surface area (Å²) in [7, 11) is -3.63. The van der Waals surface area contributed by atoms with Gasteiger partial charge in [0.1, 0.15) is 0 Å². The van der Waals surface area contributed by atoms with Crippen molar-refractivity contribution < 1.29 is 13.2 Å². The molecule has 0 saturated carbocycles. The number of aromatic nitrogens is 3. The Morgan fingerprint density at radius 2 is 1.66 bits per heavy atom. The normalized spacial score (nSPS) is 13.0. The quantitative estimate of drug-likeness (QED) is 0.245. The van der Waals surface area contributed by atoms with Gasteiger partial charge in [-0.25, -0.2) is 23.4 Å². The number of nitrogens with one attached hydrogen (secondary N) is 1. The topological polar surface area (TPSA) is 105 Å². The zero-order valence-corrected chi connectivity index (χ0v) is 24.6. The first-order valence-corrected chi connectivity index (χ1v) is 15.8. The van der Waals surface area contributed by atoms with Crippen LogP contribution in [-0.4, -0.2) is 35.8 Å². The molecule has 3 aromatic carbocycles. The number of thiazole rings is 1. The molecule has 0 saturated heterocycles. The van der Waals surface area contributed by atoms with Crippen LogP contribution >= 0.6 is 11.3 Å². The lowest BCUT2D eigenvalue weighted by molar-refractivity contribution is 0.102. The van der Waals surface area contributed by atoms with Crippen molar-refractivity contribution in [2.75, 3.05) is 16.2 Å². The van der Waals surface area contributed by atoms with Gasteiger partial charge < -0.3 is 0 Å². The third-order valence-electron chi connectivity index (χ3n) is 7.31. The van der Waals surface area contributed by atoms with Gasteiger partial charge in [-0.05, 0) is 74.2 Å². The molecule has 0 fully saturated rings. The van der Waals surface area contributed by atoms with E-state index in [9.17, 15) is 13.2 Å². The average Bonchev–Trinajstić information content (AvgIpc) is 3.59. The number of carbonyl (C=O) groups is 1. The predicted molar refractivity (Wildman–Crippen MR) is 163 cm³/mol. The largest absolute Gasteiger partial charge is 0.298 e. The summed E-state index contributed by atoms with van der Waals surface area (Å²) in [6, 6.07) is 19.6. The Morgan fingerprint density at radius 3 is 2.39 bits per heavy atom. The Bertz CT molecular complexity index is 1900. The monoisotopic (exact) mass is 583 g/mol. The number of nitrogens with zero attached hydrogens (tertiary/aromatic N) is 4. The van der Waals surface area contributed by atoms with Gasteiger partial charge in [0.25, 0.3) is 15.9 Å². The first-order chi connectivity index (χ1) is 19.8. The molecule has 1 aliphatic heterocycles. The van der Waals surface area contributed by atoms with Crippen LogP contribution in [0, 0.1) is 6.92 Å².